The van der Waals surface area contributed by atoms with Gasteiger partial charge < -0.3 is 10.1 Å². The Morgan fingerprint density at radius 2 is 1.95 bits per heavy atom. The minimum absolute atomic E-state index is 0.173. The van der Waals surface area contributed by atoms with Crippen LogP contribution in [0.15, 0.2) is 24.3 Å². The largest absolute Gasteiger partial charge is 0.491 e. The van der Waals surface area contributed by atoms with Crippen molar-refractivity contribution in [3.8, 4) is 5.75 Å². The molecule has 0 aromatic heterocycles. The fourth-order valence-electron chi connectivity index (χ4n) is 2.14. The van der Waals surface area contributed by atoms with Crippen molar-refractivity contribution in [2.75, 3.05) is 13.1 Å². The molecule has 0 saturated carbocycles. The lowest BCUT2D eigenvalue weighted by atomic mass is 9.87. The van der Waals surface area contributed by atoms with E-state index >= 15 is 0 Å². The van der Waals surface area contributed by atoms with E-state index in [1.165, 1.54) is 18.4 Å². The van der Waals surface area contributed by atoms with Gasteiger partial charge in [-0.25, -0.2) is 0 Å². The number of ether oxygens (including phenoxy) is 1. The zero-order chi connectivity index (χ0) is 15.0. The lowest BCUT2D eigenvalue weighted by molar-refractivity contribution is 0.207. The highest BCUT2D eigenvalue weighted by Crippen LogP contribution is 2.26. The van der Waals surface area contributed by atoms with Crippen molar-refractivity contribution in [1.29, 1.82) is 0 Å². The highest BCUT2D eigenvalue weighted by molar-refractivity contribution is 5.32. The first-order chi connectivity index (χ1) is 9.43. The molecule has 1 aromatic rings. The predicted octanol–water partition coefficient (Wildman–Crippen LogP) is 4.53. The summed E-state index contributed by atoms with van der Waals surface area (Å²) in [6.45, 7) is 13.2. The van der Waals surface area contributed by atoms with E-state index in [9.17, 15) is 0 Å². The van der Waals surface area contributed by atoms with Gasteiger partial charge >= 0.3 is 0 Å². The van der Waals surface area contributed by atoms with Gasteiger partial charge in [-0.3, -0.25) is 0 Å². The summed E-state index contributed by atoms with van der Waals surface area (Å²) in [5, 5.41) is 3.43. The van der Waals surface area contributed by atoms with Gasteiger partial charge in [0.25, 0.3) is 0 Å². The van der Waals surface area contributed by atoms with Crippen LogP contribution in [0.5, 0.6) is 5.75 Å². The average molecular weight is 277 g/mol. The van der Waals surface area contributed by atoms with Crippen LogP contribution < -0.4 is 10.1 Å². The van der Waals surface area contributed by atoms with Crippen LogP contribution in [-0.4, -0.2) is 19.2 Å². The molecule has 0 spiro atoms. The van der Waals surface area contributed by atoms with Gasteiger partial charge in [0.05, 0.1) is 6.10 Å². The second-order valence-electron chi connectivity index (χ2n) is 6.60. The zero-order valence-electron chi connectivity index (χ0n) is 13.8. The highest BCUT2D eigenvalue weighted by atomic mass is 16.5. The van der Waals surface area contributed by atoms with E-state index < -0.39 is 0 Å². The summed E-state index contributed by atoms with van der Waals surface area (Å²) in [4.78, 5) is 0. The monoisotopic (exact) mass is 277 g/mol. The molecule has 0 aliphatic carbocycles. The molecule has 0 saturated heterocycles. The van der Waals surface area contributed by atoms with E-state index in [1.54, 1.807) is 0 Å². The molecule has 0 bridgehead atoms. The van der Waals surface area contributed by atoms with Crippen molar-refractivity contribution in [2.45, 2.75) is 65.4 Å². The first-order valence-corrected chi connectivity index (χ1v) is 7.91. The first kappa shape index (κ1) is 17.0. The predicted molar refractivity (Wildman–Crippen MR) is 87.6 cm³/mol. The molecule has 1 N–H and O–H groups in total. The number of hydrogen-bond donors (Lipinski definition) is 1. The van der Waals surface area contributed by atoms with E-state index in [2.05, 4.69) is 64.2 Å². The van der Waals surface area contributed by atoms with Crippen LogP contribution in [0.3, 0.4) is 0 Å². The lowest BCUT2D eigenvalue weighted by Crippen LogP contribution is -2.19. The Hall–Kier alpha value is -1.02. The number of hydrogen-bond acceptors (Lipinski definition) is 2. The van der Waals surface area contributed by atoms with Crippen molar-refractivity contribution in [3.63, 3.8) is 0 Å². The van der Waals surface area contributed by atoms with Crippen molar-refractivity contribution in [3.05, 3.63) is 29.8 Å². The summed E-state index contributed by atoms with van der Waals surface area (Å²) in [6, 6.07) is 8.49. The third-order valence-corrected chi connectivity index (χ3v) is 3.43. The van der Waals surface area contributed by atoms with Crippen LogP contribution in [-0.2, 0) is 5.41 Å². The molecule has 2 heteroatoms. The average Bonchev–Trinajstić information content (AvgIpc) is 2.38. The molecule has 0 aliphatic heterocycles. The van der Waals surface area contributed by atoms with Gasteiger partial charge in [0.15, 0.2) is 0 Å². The molecular weight excluding hydrogens is 246 g/mol. The van der Waals surface area contributed by atoms with Crippen molar-refractivity contribution < 1.29 is 4.74 Å². The molecular formula is C18H31NO. The molecule has 0 radical (unpaired) electrons. The van der Waals surface area contributed by atoms with E-state index in [-0.39, 0.29) is 11.5 Å². The summed E-state index contributed by atoms with van der Waals surface area (Å²) in [5.74, 6) is 0.992. The van der Waals surface area contributed by atoms with E-state index in [4.69, 9.17) is 4.74 Å². The van der Waals surface area contributed by atoms with Gasteiger partial charge in [-0.05, 0) is 62.4 Å². The minimum Gasteiger partial charge on any atom is -0.491 e. The zero-order valence-corrected chi connectivity index (χ0v) is 13.8. The molecule has 0 aliphatic rings. The Kier molecular flexibility index (Phi) is 7.08. The van der Waals surface area contributed by atoms with Gasteiger partial charge in [0.1, 0.15) is 5.75 Å². The third-order valence-electron chi connectivity index (χ3n) is 3.43. The number of benzene rings is 1. The van der Waals surface area contributed by atoms with Crippen LogP contribution in [0.25, 0.3) is 0 Å². The second-order valence-corrected chi connectivity index (χ2v) is 6.60. The van der Waals surface area contributed by atoms with Gasteiger partial charge in [-0.2, -0.15) is 0 Å². The molecule has 0 amide bonds. The standard InChI is InChI=1S/C18H31NO/c1-6-12-19-13-8-9-15(2)20-17-11-7-10-16(14-17)18(3,4)5/h7,10-11,14-15,19H,6,8-9,12-13H2,1-5H3. The van der Waals surface area contributed by atoms with Crippen molar-refractivity contribution in [1.82, 2.24) is 5.32 Å². The SMILES string of the molecule is CCCNCCCC(C)Oc1cccc(C(C)(C)C)c1. The summed E-state index contributed by atoms with van der Waals surface area (Å²) < 4.78 is 6.03. The van der Waals surface area contributed by atoms with Gasteiger partial charge in [0, 0.05) is 0 Å². The Bertz CT molecular complexity index is 381. The minimum atomic E-state index is 0.173. The van der Waals surface area contributed by atoms with Crippen LogP contribution in [0, 0.1) is 0 Å². The Morgan fingerprint density at radius 1 is 1.20 bits per heavy atom. The maximum Gasteiger partial charge on any atom is 0.119 e. The molecule has 2 nitrogen and oxygen atoms in total. The summed E-state index contributed by atoms with van der Waals surface area (Å²) >= 11 is 0. The summed E-state index contributed by atoms with van der Waals surface area (Å²) in [6.07, 6.45) is 3.73. The van der Waals surface area contributed by atoms with Gasteiger partial charge in [-0.1, -0.05) is 39.8 Å². The molecule has 1 aromatic carbocycles. The molecule has 114 valence electrons. The Morgan fingerprint density at radius 3 is 2.60 bits per heavy atom. The fourth-order valence-corrected chi connectivity index (χ4v) is 2.14. The second kappa shape index (κ2) is 8.31. The topological polar surface area (TPSA) is 21.3 Å². The normalized spacial score (nSPS) is 13.2. The molecule has 1 atom stereocenters. The smallest absolute Gasteiger partial charge is 0.119 e. The highest BCUT2D eigenvalue weighted by Gasteiger charge is 2.14. The van der Waals surface area contributed by atoms with Crippen LogP contribution in [0.4, 0.5) is 0 Å². The summed E-state index contributed by atoms with van der Waals surface area (Å²) in [5.41, 5.74) is 1.50. The van der Waals surface area contributed by atoms with Gasteiger partial charge in [-0.15, -0.1) is 0 Å². The maximum atomic E-state index is 6.03. The third kappa shape index (κ3) is 6.42. The fraction of sp³-hybridized carbons (Fsp3) is 0.667. The van der Waals surface area contributed by atoms with Crippen LogP contribution in [0.2, 0.25) is 0 Å². The quantitative estimate of drug-likeness (QED) is 0.705. The molecule has 1 unspecified atom stereocenters. The molecule has 0 heterocycles. The molecule has 1 rings (SSSR count). The summed E-state index contributed by atoms with van der Waals surface area (Å²) in [7, 11) is 0. The van der Waals surface area contributed by atoms with Gasteiger partial charge in [0.2, 0.25) is 0 Å². The van der Waals surface area contributed by atoms with E-state index in [1.807, 2.05) is 0 Å². The van der Waals surface area contributed by atoms with Crippen molar-refractivity contribution in [2.24, 2.45) is 0 Å². The first-order valence-electron chi connectivity index (χ1n) is 7.91. The Balaban J connectivity index is 2.40. The van der Waals surface area contributed by atoms with E-state index in [0.717, 1.165) is 25.3 Å². The number of nitrogens with one attached hydrogen (secondary N) is 1. The van der Waals surface area contributed by atoms with Crippen LogP contribution in [0.1, 0.15) is 59.4 Å². The van der Waals surface area contributed by atoms with Crippen LogP contribution >= 0.6 is 0 Å². The van der Waals surface area contributed by atoms with Crippen molar-refractivity contribution >= 4 is 0 Å². The Labute approximate surface area is 124 Å². The lowest BCUT2D eigenvalue weighted by Gasteiger charge is -2.21. The number of rotatable bonds is 8. The molecule has 20 heavy (non-hydrogen) atoms. The van der Waals surface area contributed by atoms with E-state index in [0.29, 0.717) is 0 Å². The maximum absolute atomic E-state index is 6.03. The molecule has 0 fully saturated rings.